The molecule has 20 heavy (non-hydrogen) atoms. The molecule has 1 aromatic rings. The summed E-state index contributed by atoms with van der Waals surface area (Å²) in [5, 5.41) is 14.1. The number of hydrogen-bond donors (Lipinski definition) is 3. The zero-order chi connectivity index (χ0) is 15.3. The zero-order valence-electron chi connectivity index (χ0n) is 11.5. The van der Waals surface area contributed by atoms with Crippen LogP contribution in [-0.2, 0) is 4.79 Å². The molecule has 0 aromatic heterocycles. The fourth-order valence-corrected chi connectivity index (χ4v) is 1.77. The Morgan fingerprint density at radius 2 is 2.10 bits per heavy atom. The van der Waals surface area contributed by atoms with E-state index < -0.39 is 17.5 Å². The Labute approximate surface area is 125 Å². The maximum absolute atomic E-state index is 11.9. The van der Waals surface area contributed by atoms with Gasteiger partial charge in [0.15, 0.2) is 0 Å². The van der Waals surface area contributed by atoms with Gasteiger partial charge in [-0.3, -0.25) is 0 Å². The topological polar surface area (TPSA) is 87.7 Å². The minimum Gasteiger partial charge on any atom is -0.497 e. The molecule has 7 heteroatoms. The number of halogens is 1. The van der Waals surface area contributed by atoms with Crippen LogP contribution in [0.1, 0.15) is 20.3 Å². The Morgan fingerprint density at radius 3 is 2.60 bits per heavy atom. The zero-order valence-corrected chi connectivity index (χ0v) is 13.1. The lowest BCUT2D eigenvalue weighted by Gasteiger charge is -2.24. The molecule has 0 fully saturated rings. The van der Waals surface area contributed by atoms with Crippen molar-refractivity contribution in [3.8, 4) is 5.75 Å². The molecule has 1 unspecified atom stereocenters. The molecule has 6 nitrogen and oxygen atoms in total. The van der Waals surface area contributed by atoms with Gasteiger partial charge in [0.05, 0.1) is 12.8 Å². The molecule has 1 aromatic carbocycles. The lowest BCUT2D eigenvalue weighted by Crippen LogP contribution is -2.53. The molecule has 0 radical (unpaired) electrons. The molecule has 0 spiro atoms. The van der Waals surface area contributed by atoms with Crippen LogP contribution in [0.5, 0.6) is 5.75 Å². The fraction of sp³-hybridized carbons (Fsp3) is 0.385. The van der Waals surface area contributed by atoms with Crippen LogP contribution in [0.25, 0.3) is 0 Å². The number of aliphatic carboxylic acids is 1. The van der Waals surface area contributed by atoms with Gasteiger partial charge in [-0.2, -0.15) is 0 Å². The van der Waals surface area contributed by atoms with Crippen molar-refractivity contribution >= 4 is 33.6 Å². The number of carbonyl (C=O) groups excluding carboxylic acids is 1. The Morgan fingerprint density at radius 1 is 1.45 bits per heavy atom. The van der Waals surface area contributed by atoms with E-state index in [1.807, 2.05) is 0 Å². The summed E-state index contributed by atoms with van der Waals surface area (Å²) < 4.78 is 5.73. The first kappa shape index (κ1) is 16.3. The molecular formula is C13H17BrN2O4. The molecular weight excluding hydrogens is 328 g/mol. The normalized spacial score (nSPS) is 13.2. The largest absolute Gasteiger partial charge is 0.497 e. The quantitative estimate of drug-likeness (QED) is 0.766. The highest BCUT2D eigenvalue weighted by Crippen LogP contribution is 2.27. The molecule has 1 rings (SSSR count). The number of anilines is 1. The van der Waals surface area contributed by atoms with Gasteiger partial charge in [-0.15, -0.1) is 0 Å². The SMILES string of the molecule is CCC(C)(NC(=O)Nc1cc(OC)ccc1Br)C(=O)O. The molecule has 0 saturated heterocycles. The molecule has 1 atom stereocenters. The number of amides is 2. The lowest BCUT2D eigenvalue weighted by molar-refractivity contribution is -0.143. The van der Waals surface area contributed by atoms with Crippen molar-refractivity contribution in [2.75, 3.05) is 12.4 Å². The summed E-state index contributed by atoms with van der Waals surface area (Å²) in [4.78, 5) is 23.0. The Kier molecular flexibility index (Phi) is 5.38. The summed E-state index contributed by atoms with van der Waals surface area (Å²) in [6, 6.07) is 4.50. The number of ether oxygens (including phenoxy) is 1. The van der Waals surface area contributed by atoms with E-state index in [0.29, 0.717) is 15.9 Å². The first-order chi connectivity index (χ1) is 9.32. The molecule has 0 aliphatic rings. The number of methoxy groups -OCH3 is 1. The lowest BCUT2D eigenvalue weighted by atomic mass is 10.00. The average Bonchev–Trinajstić information content (AvgIpc) is 2.40. The van der Waals surface area contributed by atoms with Crippen molar-refractivity contribution in [3.63, 3.8) is 0 Å². The fourth-order valence-electron chi connectivity index (χ4n) is 1.42. The van der Waals surface area contributed by atoms with E-state index in [9.17, 15) is 9.59 Å². The summed E-state index contributed by atoms with van der Waals surface area (Å²) in [6.07, 6.45) is 0.273. The summed E-state index contributed by atoms with van der Waals surface area (Å²) >= 11 is 3.30. The Balaban J connectivity index is 2.83. The third-order valence-electron chi connectivity index (χ3n) is 2.99. The third-order valence-corrected chi connectivity index (χ3v) is 3.68. The number of hydrogen-bond acceptors (Lipinski definition) is 3. The van der Waals surface area contributed by atoms with Gasteiger partial charge in [0, 0.05) is 10.5 Å². The van der Waals surface area contributed by atoms with E-state index in [4.69, 9.17) is 9.84 Å². The number of carboxylic acid groups (broad SMARTS) is 1. The smallest absolute Gasteiger partial charge is 0.329 e. The minimum atomic E-state index is -1.31. The summed E-state index contributed by atoms with van der Waals surface area (Å²) in [5.74, 6) is -0.500. The maximum Gasteiger partial charge on any atom is 0.329 e. The number of carboxylic acids is 1. The van der Waals surface area contributed by atoms with Crippen molar-refractivity contribution in [1.29, 1.82) is 0 Å². The highest BCUT2D eigenvalue weighted by Gasteiger charge is 2.32. The molecule has 0 saturated carbocycles. The van der Waals surface area contributed by atoms with E-state index in [1.54, 1.807) is 25.1 Å². The standard InChI is InChI=1S/C13H17BrN2O4/c1-4-13(2,11(17)18)16-12(19)15-10-7-8(20-3)5-6-9(10)14/h5-7H,4H2,1-3H3,(H,17,18)(H2,15,16,19). The number of carbonyl (C=O) groups is 2. The monoisotopic (exact) mass is 344 g/mol. The molecule has 110 valence electrons. The summed E-state index contributed by atoms with van der Waals surface area (Å²) in [6.45, 7) is 3.14. The predicted octanol–water partition coefficient (Wildman–Crippen LogP) is 2.83. The Bertz CT molecular complexity index is 521. The first-order valence-corrected chi connectivity index (χ1v) is 6.77. The highest BCUT2D eigenvalue weighted by atomic mass is 79.9. The van der Waals surface area contributed by atoms with Gasteiger partial charge in [-0.1, -0.05) is 6.92 Å². The second kappa shape index (κ2) is 6.60. The van der Waals surface area contributed by atoms with Crippen molar-refractivity contribution in [1.82, 2.24) is 5.32 Å². The molecule has 3 N–H and O–H groups in total. The maximum atomic E-state index is 11.9. The van der Waals surface area contributed by atoms with Crippen molar-refractivity contribution < 1.29 is 19.4 Å². The van der Waals surface area contributed by atoms with Crippen LogP contribution in [0.15, 0.2) is 22.7 Å². The predicted molar refractivity (Wildman–Crippen MR) is 79.2 cm³/mol. The van der Waals surface area contributed by atoms with E-state index >= 15 is 0 Å². The van der Waals surface area contributed by atoms with Crippen LogP contribution in [0.2, 0.25) is 0 Å². The second-order valence-corrected chi connectivity index (χ2v) is 5.27. The van der Waals surface area contributed by atoms with Gasteiger partial charge in [-0.05, 0) is 41.4 Å². The minimum absolute atomic E-state index is 0.273. The van der Waals surface area contributed by atoms with Crippen molar-refractivity contribution in [2.45, 2.75) is 25.8 Å². The van der Waals surface area contributed by atoms with Gasteiger partial charge in [0.1, 0.15) is 11.3 Å². The van der Waals surface area contributed by atoms with Gasteiger partial charge >= 0.3 is 12.0 Å². The average molecular weight is 345 g/mol. The van der Waals surface area contributed by atoms with Gasteiger partial charge in [-0.25, -0.2) is 9.59 Å². The summed E-state index contributed by atoms with van der Waals surface area (Å²) in [7, 11) is 1.52. The van der Waals surface area contributed by atoms with Gasteiger partial charge in [0.25, 0.3) is 0 Å². The molecule has 2 amide bonds. The molecule has 0 bridgehead atoms. The van der Waals surface area contributed by atoms with Crippen molar-refractivity contribution in [2.24, 2.45) is 0 Å². The Hall–Kier alpha value is -1.76. The van der Waals surface area contributed by atoms with E-state index in [-0.39, 0.29) is 6.42 Å². The first-order valence-electron chi connectivity index (χ1n) is 5.98. The second-order valence-electron chi connectivity index (χ2n) is 4.42. The van der Waals surface area contributed by atoms with Crippen LogP contribution >= 0.6 is 15.9 Å². The number of rotatable bonds is 5. The van der Waals surface area contributed by atoms with Gasteiger partial charge < -0.3 is 20.5 Å². The van der Waals surface area contributed by atoms with E-state index in [1.165, 1.54) is 14.0 Å². The van der Waals surface area contributed by atoms with E-state index in [0.717, 1.165) is 0 Å². The van der Waals surface area contributed by atoms with Gasteiger partial charge in [0.2, 0.25) is 0 Å². The van der Waals surface area contributed by atoms with Crippen LogP contribution in [0, 0.1) is 0 Å². The number of urea groups is 1. The molecule has 0 aliphatic carbocycles. The number of nitrogens with one attached hydrogen (secondary N) is 2. The van der Waals surface area contributed by atoms with E-state index in [2.05, 4.69) is 26.6 Å². The van der Waals surface area contributed by atoms with Crippen LogP contribution in [0.4, 0.5) is 10.5 Å². The van der Waals surface area contributed by atoms with Crippen molar-refractivity contribution in [3.05, 3.63) is 22.7 Å². The van der Waals surface area contributed by atoms with Crippen LogP contribution in [0.3, 0.4) is 0 Å². The number of benzene rings is 1. The van der Waals surface area contributed by atoms with Crippen LogP contribution < -0.4 is 15.4 Å². The summed E-state index contributed by atoms with van der Waals surface area (Å²) in [5.41, 5.74) is -0.819. The molecule has 0 heterocycles. The molecule has 0 aliphatic heterocycles. The highest BCUT2D eigenvalue weighted by molar-refractivity contribution is 9.10. The third kappa shape index (κ3) is 3.86. The van der Waals surface area contributed by atoms with Crippen LogP contribution in [-0.4, -0.2) is 29.8 Å².